The van der Waals surface area contributed by atoms with Crippen LogP contribution >= 0.6 is 0 Å². The molecule has 0 radical (unpaired) electrons. The van der Waals surface area contributed by atoms with E-state index in [1.54, 1.807) is 24.3 Å². The molecule has 0 saturated carbocycles. The Bertz CT molecular complexity index is 842. The van der Waals surface area contributed by atoms with E-state index < -0.39 is 18.0 Å². The van der Waals surface area contributed by atoms with E-state index in [4.69, 9.17) is 14.7 Å². The fourth-order valence-electron chi connectivity index (χ4n) is 2.01. The van der Waals surface area contributed by atoms with E-state index >= 15 is 0 Å². The topological polar surface area (TPSA) is 109 Å². The lowest BCUT2D eigenvalue weighted by Crippen LogP contribution is -2.30. The molecule has 7 heteroatoms. The number of esters is 1. The van der Waals surface area contributed by atoms with Crippen molar-refractivity contribution >= 4 is 17.6 Å². The van der Waals surface area contributed by atoms with Gasteiger partial charge in [0.05, 0.1) is 18.4 Å². The van der Waals surface area contributed by atoms with Gasteiger partial charge in [-0.3, -0.25) is 4.79 Å². The van der Waals surface area contributed by atoms with Crippen molar-refractivity contribution in [3.63, 3.8) is 0 Å². The number of ether oxygens (including phenoxy) is 2. The van der Waals surface area contributed by atoms with Crippen LogP contribution in [0.25, 0.3) is 0 Å². The average Bonchev–Trinajstić information content (AvgIpc) is 2.62. The van der Waals surface area contributed by atoms with Crippen molar-refractivity contribution in [2.45, 2.75) is 13.0 Å². The number of benzene rings is 2. The van der Waals surface area contributed by atoms with Crippen molar-refractivity contribution in [2.75, 3.05) is 12.4 Å². The second-order valence-corrected chi connectivity index (χ2v) is 5.08. The van der Waals surface area contributed by atoms with Gasteiger partial charge in [0.25, 0.3) is 5.91 Å². The third-order valence-electron chi connectivity index (χ3n) is 3.38. The number of hydrogen-bond acceptors (Lipinski definition) is 6. The Morgan fingerprint density at radius 1 is 1.24 bits per heavy atom. The average molecular weight is 340 g/mol. The van der Waals surface area contributed by atoms with Gasteiger partial charge in [0, 0.05) is 0 Å². The van der Waals surface area contributed by atoms with Crippen molar-refractivity contribution in [1.29, 1.82) is 5.26 Å². The molecule has 0 aromatic heterocycles. The first-order valence-electron chi connectivity index (χ1n) is 7.34. The SMILES string of the molecule is COc1ccc(O)c(C(=O)O[C@@H](C)C(=O)Nc2ccccc2C#N)c1. The van der Waals surface area contributed by atoms with Crippen molar-refractivity contribution in [1.82, 2.24) is 0 Å². The third kappa shape index (κ3) is 4.26. The van der Waals surface area contributed by atoms with Gasteiger partial charge in [0.2, 0.25) is 0 Å². The summed E-state index contributed by atoms with van der Waals surface area (Å²) in [6.07, 6.45) is -1.13. The molecule has 7 nitrogen and oxygen atoms in total. The normalized spacial score (nSPS) is 11.1. The van der Waals surface area contributed by atoms with Gasteiger partial charge in [-0.1, -0.05) is 12.1 Å². The number of aromatic hydroxyl groups is 1. The second kappa shape index (κ2) is 7.84. The van der Waals surface area contributed by atoms with Gasteiger partial charge in [-0.25, -0.2) is 4.79 Å². The summed E-state index contributed by atoms with van der Waals surface area (Å²) >= 11 is 0. The first-order chi connectivity index (χ1) is 12.0. The number of rotatable bonds is 5. The van der Waals surface area contributed by atoms with E-state index in [1.807, 2.05) is 6.07 Å². The van der Waals surface area contributed by atoms with Gasteiger partial charge in [-0.2, -0.15) is 5.26 Å². The molecule has 2 rings (SSSR count). The molecular weight excluding hydrogens is 324 g/mol. The fraction of sp³-hybridized carbons (Fsp3) is 0.167. The van der Waals surface area contributed by atoms with Crippen LogP contribution in [0.1, 0.15) is 22.8 Å². The molecule has 25 heavy (non-hydrogen) atoms. The number of anilines is 1. The van der Waals surface area contributed by atoms with Crippen molar-refractivity contribution < 1.29 is 24.2 Å². The van der Waals surface area contributed by atoms with Crippen LogP contribution in [0.3, 0.4) is 0 Å². The number of amides is 1. The molecule has 2 N–H and O–H groups in total. The molecule has 2 aromatic rings. The molecule has 0 heterocycles. The molecule has 0 unspecified atom stereocenters. The lowest BCUT2D eigenvalue weighted by molar-refractivity contribution is -0.123. The number of phenolic OH excluding ortho intramolecular Hbond substituents is 1. The molecule has 1 amide bonds. The van der Waals surface area contributed by atoms with Crippen LogP contribution < -0.4 is 10.1 Å². The maximum atomic E-state index is 12.2. The number of para-hydroxylation sites is 1. The molecule has 1 atom stereocenters. The minimum atomic E-state index is -1.13. The molecule has 0 saturated heterocycles. The fourth-order valence-corrected chi connectivity index (χ4v) is 2.01. The van der Waals surface area contributed by atoms with E-state index in [-0.39, 0.29) is 11.3 Å². The first-order valence-corrected chi connectivity index (χ1v) is 7.34. The molecule has 2 aromatic carbocycles. The summed E-state index contributed by atoms with van der Waals surface area (Å²) in [4.78, 5) is 24.3. The summed E-state index contributed by atoms with van der Waals surface area (Å²) in [5.74, 6) is -1.39. The molecule has 0 spiro atoms. The number of hydrogen-bond donors (Lipinski definition) is 2. The Morgan fingerprint density at radius 3 is 2.64 bits per heavy atom. The Hall–Kier alpha value is -3.53. The lowest BCUT2D eigenvalue weighted by Gasteiger charge is -2.15. The van der Waals surface area contributed by atoms with E-state index in [9.17, 15) is 14.7 Å². The summed E-state index contributed by atoms with van der Waals surface area (Å²) in [7, 11) is 1.42. The van der Waals surface area contributed by atoms with Crippen LogP contribution in [0.15, 0.2) is 42.5 Å². The number of nitrogens with zero attached hydrogens (tertiary/aromatic N) is 1. The smallest absolute Gasteiger partial charge is 0.342 e. The Balaban J connectivity index is 2.08. The number of carbonyl (C=O) groups excluding carboxylic acids is 2. The molecule has 0 fully saturated rings. The number of nitriles is 1. The second-order valence-electron chi connectivity index (χ2n) is 5.08. The molecule has 0 bridgehead atoms. The Kier molecular flexibility index (Phi) is 5.58. The summed E-state index contributed by atoms with van der Waals surface area (Å²) < 4.78 is 10.1. The molecule has 0 aliphatic rings. The first kappa shape index (κ1) is 17.8. The lowest BCUT2D eigenvalue weighted by atomic mass is 10.2. The summed E-state index contributed by atoms with van der Waals surface area (Å²) in [5, 5.41) is 21.3. The van der Waals surface area contributed by atoms with Gasteiger partial charge in [-0.05, 0) is 37.3 Å². The van der Waals surface area contributed by atoms with Crippen molar-refractivity contribution in [3.05, 3.63) is 53.6 Å². The highest BCUT2D eigenvalue weighted by Gasteiger charge is 2.22. The quantitative estimate of drug-likeness (QED) is 0.809. The summed E-state index contributed by atoms with van der Waals surface area (Å²) in [6.45, 7) is 1.39. The van der Waals surface area contributed by atoms with E-state index in [1.165, 1.54) is 32.2 Å². The predicted molar refractivity (Wildman–Crippen MR) is 89.3 cm³/mol. The molecule has 0 aliphatic heterocycles. The summed E-state index contributed by atoms with van der Waals surface area (Å²) in [5.41, 5.74) is 0.498. The van der Waals surface area contributed by atoms with Gasteiger partial charge < -0.3 is 19.9 Å². The minimum absolute atomic E-state index is 0.114. The van der Waals surface area contributed by atoms with Crippen molar-refractivity contribution in [2.24, 2.45) is 0 Å². The minimum Gasteiger partial charge on any atom is -0.507 e. The van der Waals surface area contributed by atoms with Crippen molar-refractivity contribution in [3.8, 4) is 17.6 Å². The number of carbonyl (C=O) groups is 2. The molecule has 128 valence electrons. The van der Waals surface area contributed by atoms with Crippen LogP contribution in [-0.4, -0.2) is 30.2 Å². The van der Waals surface area contributed by atoms with Crippen LogP contribution in [0.2, 0.25) is 0 Å². The van der Waals surface area contributed by atoms with E-state index in [2.05, 4.69) is 5.32 Å². The number of phenols is 1. The van der Waals surface area contributed by atoms with Crippen LogP contribution in [0.4, 0.5) is 5.69 Å². The third-order valence-corrected chi connectivity index (χ3v) is 3.38. The maximum absolute atomic E-state index is 12.2. The zero-order valence-corrected chi connectivity index (χ0v) is 13.6. The van der Waals surface area contributed by atoms with Crippen LogP contribution in [0.5, 0.6) is 11.5 Å². The monoisotopic (exact) mass is 340 g/mol. The van der Waals surface area contributed by atoms with E-state index in [0.717, 1.165) is 0 Å². The standard InChI is InChI=1S/C18H16N2O5/c1-11(17(22)20-15-6-4-3-5-12(15)10-19)25-18(23)14-9-13(24-2)7-8-16(14)21/h3-9,11,21H,1-2H3,(H,20,22)/t11-/m0/s1. The van der Waals surface area contributed by atoms with Crippen LogP contribution in [-0.2, 0) is 9.53 Å². The van der Waals surface area contributed by atoms with E-state index in [0.29, 0.717) is 17.0 Å². The zero-order chi connectivity index (χ0) is 18.4. The number of methoxy groups -OCH3 is 1. The largest absolute Gasteiger partial charge is 0.507 e. The van der Waals surface area contributed by atoms with Gasteiger partial charge >= 0.3 is 5.97 Å². The maximum Gasteiger partial charge on any atom is 0.342 e. The molecular formula is C18H16N2O5. The van der Waals surface area contributed by atoms with Gasteiger partial charge in [0.1, 0.15) is 23.1 Å². The Labute approximate surface area is 144 Å². The van der Waals surface area contributed by atoms with Gasteiger partial charge in [0.15, 0.2) is 6.10 Å². The number of nitrogens with one attached hydrogen (secondary N) is 1. The van der Waals surface area contributed by atoms with Crippen LogP contribution in [0, 0.1) is 11.3 Å². The highest BCUT2D eigenvalue weighted by molar-refractivity contribution is 5.99. The van der Waals surface area contributed by atoms with Gasteiger partial charge in [-0.15, -0.1) is 0 Å². The highest BCUT2D eigenvalue weighted by atomic mass is 16.5. The molecule has 0 aliphatic carbocycles. The highest BCUT2D eigenvalue weighted by Crippen LogP contribution is 2.24. The summed E-state index contributed by atoms with van der Waals surface area (Å²) in [6, 6.07) is 12.5. The Morgan fingerprint density at radius 2 is 1.96 bits per heavy atom. The zero-order valence-electron chi connectivity index (χ0n) is 13.6. The predicted octanol–water partition coefficient (Wildman–Crippen LogP) is 2.46.